The SMILES string of the molecule is C=C1C[C@H]2C=Nc3cc(OCCCC(=O)Nc4cn(C)c(C(=O)Nc5ccc(-c6cc7cc(N)ccc7[nH]6)cc5)n4)c(OC)cc3C(=O)N2C1. The van der Waals surface area contributed by atoms with Crippen molar-refractivity contribution in [2.75, 3.05) is 36.6 Å². The van der Waals surface area contributed by atoms with Crippen molar-refractivity contribution < 1.29 is 23.9 Å². The average molecular weight is 673 g/mol. The van der Waals surface area contributed by atoms with E-state index in [0.29, 0.717) is 53.5 Å². The van der Waals surface area contributed by atoms with Gasteiger partial charge in [0, 0.05) is 66.5 Å². The van der Waals surface area contributed by atoms with Crippen LogP contribution >= 0.6 is 0 Å². The molecule has 3 aromatic carbocycles. The Bertz CT molecular complexity index is 2180. The van der Waals surface area contributed by atoms with Crippen molar-refractivity contribution in [1.82, 2.24) is 19.4 Å². The lowest BCUT2D eigenvalue weighted by molar-refractivity contribution is -0.116. The van der Waals surface area contributed by atoms with Crippen LogP contribution in [0.4, 0.5) is 22.9 Å². The van der Waals surface area contributed by atoms with Gasteiger partial charge in [0.25, 0.3) is 11.8 Å². The number of fused-ring (bicyclic) bond motifs is 3. The molecule has 1 fully saturated rings. The third-order valence-corrected chi connectivity index (χ3v) is 8.70. The second-order valence-corrected chi connectivity index (χ2v) is 12.4. The summed E-state index contributed by atoms with van der Waals surface area (Å²) in [5.41, 5.74) is 12.0. The molecule has 0 radical (unpaired) electrons. The molecule has 0 unspecified atom stereocenters. The maximum atomic E-state index is 13.2. The quantitative estimate of drug-likeness (QED) is 0.0839. The lowest BCUT2D eigenvalue weighted by Crippen LogP contribution is -2.35. The molecule has 0 saturated carbocycles. The minimum Gasteiger partial charge on any atom is -0.493 e. The van der Waals surface area contributed by atoms with E-state index in [1.807, 2.05) is 48.5 Å². The number of methoxy groups -OCH3 is 1. The Morgan fingerprint density at radius 3 is 2.70 bits per heavy atom. The maximum absolute atomic E-state index is 13.2. The molecule has 5 aromatic rings. The number of nitrogens with two attached hydrogens (primary N) is 1. The monoisotopic (exact) mass is 672 g/mol. The number of aliphatic imine (C=N–C) groups is 1. The Balaban J connectivity index is 0.913. The molecule has 2 aromatic heterocycles. The summed E-state index contributed by atoms with van der Waals surface area (Å²) in [4.78, 5) is 53.0. The molecule has 3 amide bonds. The molecular weight excluding hydrogens is 636 g/mol. The predicted molar refractivity (Wildman–Crippen MR) is 192 cm³/mol. The lowest BCUT2D eigenvalue weighted by Gasteiger charge is -2.20. The molecule has 1 atom stereocenters. The van der Waals surface area contributed by atoms with Gasteiger partial charge in [0.05, 0.1) is 31.0 Å². The summed E-state index contributed by atoms with van der Waals surface area (Å²) in [6.45, 7) is 4.74. The summed E-state index contributed by atoms with van der Waals surface area (Å²) >= 11 is 0. The second-order valence-electron chi connectivity index (χ2n) is 12.4. The number of aromatic nitrogens is 3. The molecule has 13 nitrogen and oxygen atoms in total. The van der Waals surface area contributed by atoms with Crippen LogP contribution in [0, 0.1) is 0 Å². The number of anilines is 3. The Hall–Kier alpha value is -6.37. The zero-order chi connectivity index (χ0) is 34.9. The van der Waals surface area contributed by atoms with Gasteiger partial charge in [-0.2, -0.15) is 0 Å². The Kier molecular flexibility index (Phi) is 8.54. The zero-order valence-electron chi connectivity index (χ0n) is 27.7. The number of imidazole rings is 1. The molecule has 4 heterocycles. The smallest absolute Gasteiger partial charge is 0.291 e. The van der Waals surface area contributed by atoms with Crippen molar-refractivity contribution in [1.29, 1.82) is 0 Å². The topological polar surface area (TPSA) is 169 Å². The summed E-state index contributed by atoms with van der Waals surface area (Å²) < 4.78 is 13.0. The number of rotatable bonds is 10. The van der Waals surface area contributed by atoms with Crippen LogP contribution in [0.2, 0.25) is 0 Å². The fraction of sp³-hybridized carbons (Fsp3) is 0.216. The average Bonchev–Trinajstić information content (AvgIpc) is 3.79. The van der Waals surface area contributed by atoms with E-state index in [-0.39, 0.29) is 42.5 Å². The molecule has 0 aliphatic carbocycles. The van der Waals surface area contributed by atoms with E-state index in [4.69, 9.17) is 15.2 Å². The second kappa shape index (κ2) is 13.3. The van der Waals surface area contributed by atoms with Gasteiger partial charge >= 0.3 is 0 Å². The molecule has 13 heteroatoms. The van der Waals surface area contributed by atoms with Crippen molar-refractivity contribution in [3.05, 3.63) is 90.4 Å². The number of nitrogens with one attached hydrogen (secondary N) is 3. The predicted octanol–water partition coefficient (Wildman–Crippen LogP) is 5.70. The first kappa shape index (κ1) is 32.2. The van der Waals surface area contributed by atoms with E-state index in [2.05, 4.69) is 32.2 Å². The van der Waals surface area contributed by atoms with E-state index in [9.17, 15) is 14.4 Å². The summed E-state index contributed by atoms with van der Waals surface area (Å²) in [7, 11) is 3.19. The van der Waals surface area contributed by atoms with E-state index >= 15 is 0 Å². The van der Waals surface area contributed by atoms with Gasteiger partial charge in [-0.05, 0) is 60.9 Å². The van der Waals surface area contributed by atoms with Gasteiger partial charge in [-0.1, -0.05) is 24.3 Å². The van der Waals surface area contributed by atoms with E-state index in [0.717, 1.165) is 27.7 Å². The highest BCUT2D eigenvalue weighted by Crippen LogP contribution is 2.38. The molecule has 0 bridgehead atoms. The molecule has 254 valence electrons. The van der Waals surface area contributed by atoms with Gasteiger partial charge in [-0.3, -0.25) is 19.4 Å². The van der Waals surface area contributed by atoms with Gasteiger partial charge in [-0.15, -0.1) is 0 Å². The van der Waals surface area contributed by atoms with E-state index in [1.165, 1.54) is 7.11 Å². The van der Waals surface area contributed by atoms with Crippen LogP contribution in [-0.2, 0) is 11.8 Å². The largest absolute Gasteiger partial charge is 0.493 e. The first-order valence-corrected chi connectivity index (χ1v) is 16.1. The summed E-state index contributed by atoms with van der Waals surface area (Å²) in [6, 6.07) is 18.4. The van der Waals surface area contributed by atoms with Crippen molar-refractivity contribution in [3.63, 3.8) is 0 Å². The van der Waals surface area contributed by atoms with Crippen LogP contribution in [0.15, 0.2) is 84.0 Å². The van der Waals surface area contributed by atoms with Gasteiger partial charge in [0.15, 0.2) is 17.3 Å². The number of carbonyl (C=O) groups is 3. The van der Waals surface area contributed by atoms with Crippen LogP contribution in [-0.4, -0.2) is 69.7 Å². The molecule has 1 saturated heterocycles. The van der Waals surface area contributed by atoms with Crippen LogP contribution in [0.3, 0.4) is 0 Å². The maximum Gasteiger partial charge on any atom is 0.291 e. The van der Waals surface area contributed by atoms with Crippen LogP contribution in [0.5, 0.6) is 11.5 Å². The Labute approximate surface area is 287 Å². The molecule has 2 aliphatic rings. The van der Waals surface area contributed by atoms with E-state index < -0.39 is 5.91 Å². The number of hydrogen-bond acceptors (Lipinski definition) is 8. The number of carbonyl (C=O) groups excluding carboxylic acids is 3. The van der Waals surface area contributed by atoms with Gasteiger partial charge in [0.1, 0.15) is 0 Å². The summed E-state index contributed by atoms with van der Waals surface area (Å²) in [5.74, 6) is 0.424. The van der Waals surface area contributed by atoms with Gasteiger partial charge < -0.3 is 40.3 Å². The number of amides is 3. The molecule has 0 spiro atoms. The highest BCUT2D eigenvalue weighted by Gasteiger charge is 2.34. The highest BCUT2D eigenvalue weighted by atomic mass is 16.5. The summed E-state index contributed by atoms with van der Waals surface area (Å²) in [5, 5.41) is 6.63. The van der Waals surface area contributed by atoms with Gasteiger partial charge in [0.2, 0.25) is 11.7 Å². The Morgan fingerprint density at radius 2 is 1.90 bits per heavy atom. The standard InChI is InChI=1S/C37H36N8O5/c1-21-13-26-18-39-30-17-32(31(49-3)16-27(30)37(48)45(26)19-21)50-12-4-5-34(46)42-33-20-44(2)35(43-33)36(47)40-25-9-6-22(7-10-25)29-15-23-14-24(38)8-11-28(23)41-29/h6-11,14-18,20,26,41H,1,4-5,12-13,19,38H2,2-3H3,(H,40,47)(H,42,46)/t26-/m0/s1. The number of aryl methyl sites for hydroxylation is 1. The molecular formula is C37H36N8O5. The lowest BCUT2D eigenvalue weighted by atomic mass is 10.1. The number of aromatic amines is 1. The van der Waals surface area contributed by atoms with Gasteiger partial charge in [-0.25, -0.2) is 4.98 Å². The third kappa shape index (κ3) is 6.52. The Morgan fingerprint density at radius 1 is 1.08 bits per heavy atom. The minimum atomic E-state index is -0.415. The number of nitrogen functional groups attached to an aromatic ring is 1. The third-order valence-electron chi connectivity index (χ3n) is 8.70. The molecule has 7 rings (SSSR count). The zero-order valence-corrected chi connectivity index (χ0v) is 27.7. The van der Waals surface area contributed by atoms with Crippen molar-refractivity contribution in [2.45, 2.75) is 25.3 Å². The van der Waals surface area contributed by atoms with Crippen LogP contribution in [0.1, 0.15) is 40.2 Å². The first-order valence-electron chi connectivity index (χ1n) is 16.1. The van der Waals surface area contributed by atoms with Crippen molar-refractivity contribution in [2.24, 2.45) is 12.0 Å². The van der Waals surface area contributed by atoms with Crippen LogP contribution < -0.4 is 25.8 Å². The number of H-pyrrole nitrogens is 1. The number of ether oxygens (including phenoxy) is 2. The number of nitrogens with zero attached hydrogens (tertiary/aromatic N) is 4. The summed E-state index contributed by atoms with van der Waals surface area (Å²) in [6.07, 6.45) is 4.60. The van der Waals surface area contributed by atoms with Crippen LogP contribution in [0.25, 0.3) is 22.2 Å². The highest BCUT2D eigenvalue weighted by molar-refractivity contribution is 6.04. The van der Waals surface area contributed by atoms with Crippen molar-refractivity contribution >= 4 is 57.7 Å². The fourth-order valence-corrected chi connectivity index (χ4v) is 6.19. The number of benzene rings is 3. The number of hydrogen-bond donors (Lipinski definition) is 4. The molecule has 5 N–H and O–H groups in total. The first-order chi connectivity index (χ1) is 24.1. The normalized spacial score (nSPS) is 15.1. The molecule has 50 heavy (non-hydrogen) atoms. The minimum absolute atomic E-state index is 0.114. The molecule has 2 aliphatic heterocycles. The van der Waals surface area contributed by atoms with E-state index in [1.54, 1.807) is 41.1 Å². The fourth-order valence-electron chi connectivity index (χ4n) is 6.19. The van der Waals surface area contributed by atoms with Crippen molar-refractivity contribution in [3.8, 4) is 22.8 Å².